The summed E-state index contributed by atoms with van der Waals surface area (Å²) in [6.45, 7) is 4.50. The lowest BCUT2D eigenvalue weighted by Crippen LogP contribution is -2.42. The maximum absolute atomic E-state index is 12.3. The molecule has 3 rings (SSSR count). The summed E-state index contributed by atoms with van der Waals surface area (Å²) in [6.07, 6.45) is 6.97. The predicted molar refractivity (Wildman–Crippen MR) is 94.7 cm³/mol. The fourth-order valence-electron chi connectivity index (χ4n) is 3.32. The lowest BCUT2D eigenvalue weighted by atomic mass is 9.88. The number of hydrogen-bond donors (Lipinski definition) is 2. The van der Waals surface area contributed by atoms with Crippen LogP contribution in [-0.2, 0) is 11.2 Å². The van der Waals surface area contributed by atoms with Crippen molar-refractivity contribution in [2.75, 3.05) is 6.54 Å². The van der Waals surface area contributed by atoms with E-state index in [4.69, 9.17) is 0 Å². The van der Waals surface area contributed by atoms with Gasteiger partial charge in [-0.3, -0.25) is 9.48 Å². The highest BCUT2D eigenvalue weighted by Crippen LogP contribution is 2.29. The van der Waals surface area contributed by atoms with Crippen LogP contribution in [0.5, 0.6) is 0 Å². The van der Waals surface area contributed by atoms with E-state index in [0.717, 1.165) is 19.3 Å². The van der Waals surface area contributed by atoms with Crippen molar-refractivity contribution in [2.24, 2.45) is 0 Å². The Balaban J connectivity index is 1.51. The highest BCUT2D eigenvalue weighted by Gasteiger charge is 2.22. The third-order valence-electron chi connectivity index (χ3n) is 4.95. The fraction of sp³-hybridized carbons (Fsp3) is 0.474. The first-order valence-electron chi connectivity index (χ1n) is 8.75. The van der Waals surface area contributed by atoms with Crippen LogP contribution in [0.4, 0.5) is 0 Å². The van der Waals surface area contributed by atoms with Gasteiger partial charge < -0.3 is 10.6 Å². The molecule has 1 aliphatic carbocycles. The molecule has 2 N–H and O–H groups in total. The van der Waals surface area contributed by atoms with Gasteiger partial charge in [0.25, 0.3) is 0 Å². The van der Waals surface area contributed by atoms with Crippen molar-refractivity contribution in [3.63, 3.8) is 0 Å². The second kappa shape index (κ2) is 7.62. The summed E-state index contributed by atoms with van der Waals surface area (Å²) in [5, 5.41) is 10.8. The molecule has 5 heteroatoms. The molecule has 0 spiro atoms. The minimum absolute atomic E-state index is 0.0521. The fourth-order valence-corrected chi connectivity index (χ4v) is 3.32. The first-order chi connectivity index (χ1) is 11.6. The smallest absolute Gasteiger partial charge is 0.234 e. The Bertz CT molecular complexity index is 668. The van der Waals surface area contributed by atoms with Crippen LogP contribution >= 0.6 is 0 Å². The van der Waals surface area contributed by atoms with Crippen LogP contribution in [0.2, 0.25) is 0 Å². The van der Waals surface area contributed by atoms with Gasteiger partial charge in [0.05, 0.1) is 18.6 Å². The lowest BCUT2D eigenvalue weighted by molar-refractivity contribution is -0.121. The number of nitrogens with one attached hydrogen (secondary N) is 2. The molecule has 0 fully saturated rings. The number of fused-ring (bicyclic) bond motifs is 1. The molecule has 1 aromatic heterocycles. The van der Waals surface area contributed by atoms with Crippen molar-refractivity contribution in [1.29, 1.82) is 0 Å². The van der Waals surface area contributed by atoms with E-state index in [2.05, 4.69) is 53.8 Å². The van der Waals surface area contributed by atoms with Crippen LogP contribution in [0.15, 0.2) is 42.7 Å². The second-order valence-electron chi connectivity index (χ2n) is 6.61. The molecule has 1 aromatic carbocycles. The van der Waals surface area contributed by atoms with Gasteiger partial charge >= 0.3 is 0 Å². The van der Waals surface area contributed by atoms with Gasteiger partial charge in [-0.1, -0.05) is 24.3 Å². The average Bonchev–Trinajstić information content (AvgIpc) is 3.14. The maximum atomic E-state index is 12.3. The van der Waals surface area contributed by atoms with E-state index in [9.17, 15) is 4.79 Å². The van der Waals surface area contributed by atoms with E-state index >= 15 is 0 Å². The number of aryl methyl sites for hydroxylation is 1. The Morgan fingerprint density at radius 1 is 1.33 bits per heavy atom. The quantitative estimate of drug-likeness (QED) is 0.858. The van der Waals surface area contributed by atoms with Gasteiger partial charge in [-0.05, 0) is 50.3 Å². The summed E-state index contributed by atoms with van der Waals surface area (Å²) in [6, 6.07) is 10.8. The minimum atomic E-state index is 0.0521. The van der Waals surface area contributed by atoms with E-state index in [0.29, 0.717) is 6.54 Å². The molecule has 128 valence electrons. The number of carbonyl (C=O) groups is 1. The van der Waals surface area contributed by atoms with Crippen molar-refractivity contribution < 1.29 is 4.79 Å². The summed E-state index contributed by atoms with van der Waals surface area (Å²) in [5.41, 5.74) is 2.64. The van der Waals surface area contributed by atoms with Crippen LogP contribution in [0.25, 0.3) is 0 Å². The molecule has 5 nitrogen and oxygen atoms in total. The van der Waals surface area contributed by atoms with Crippen LogP contribution in [0, 0.1) is 0 Å². The molecule has 1 aliphatic rings. The first kappa shape index (κ1) is 16.7. The molecule has 0 bridgehead atoms. The van der Waals surface area contributed by atoms with Crippen molar-refractivity contribution in [3.8, 4) is 0 Å². The maximum Gasteiger partial charge on any atom is 0.234 e. The van der Waals surface area contributed by atoms with Gasteiger partial charge in [-0.15, -0.1) is 0 Å². The Morgan fingerprint density at radius 3 is 2.96 bits per heavy atom. The molecule has 0 saturated heterocycles. The molecule has 1 amide bonds. The molecule has 0 unspecified atom stereocenters. The molecule has 0 saturated carbocycles. The number of rotatable bonds is 6. The molecule has 1 heterocycles. The molecule has 0 radical (unpaired) electrons. The van der Waals surface area contributed by atoms with Crippen LogP contribution in [0.3, 0.4) is 0 Å². The summed E-state index contributed by atoms with van der Waals surface area (Å²) >= 11 is 0. The SMILES string of the molecule is C[C@H](NCC(=O)N[C@@H]1CCCc2ccccc21)[C@H](C)n1cccn1. The molecule has 2 aromatic rings. The second-order valence-corrected chi connectivity index (χ2v) is 6.61. The van der Waals surface area contributed by atoms with E-state index in [-0.39, 0.29) is 24.0 Å². The van der Waals surface area contributed by atoms with Crippen molar-refractivity contribution >= 4 is 5.91 Å². The molecule has 3 atom stereocenters. The van der Waals surface area contributed by atoms with Gasteiger partial charge in [-0.25, -0.2) is 0 Å². The van der Waals surface area contributed by atoms with Gasteiger partial charge in [0.1, 0.15) is 0 Å². The van der Waals surface area contributed by atoms with E-state index in [1.54, 1.807) is 6.20 Å². The third kappa shape index (κ3) is 3.85. The van der Waals surface area contributed by atoms with Crippen molar-refractivity contribution in [2.45, 2.75) is 51.2 Å². The zero-order valence-corrected chi connectivity index (χ0v) is 14.4. The largest absolute Gasteiger partial charge is 0.348 e. The predicted octanol–water partition coefficient (Wildman–Crippen LogP) is 2.62. The standard InChI is InChI=1S/C19H26N4O/c1-14(15(2)23-12-6-11-21-23)20-13-19(24)22-18-10-5-8-16-7-3-4-9-17(16)18/h3-4,6-7,9,11-12,14-15,18,20H,5,8,10,13H2,1-2H3,(H,22,24)/t14-,15-,18+/m0/s1. The molecular weight excluding hydrogens is 300 g/mol. The van der Waals surface area contributed by atoms with Gasteiger partial charge in [0.15, 0.2) is 0 Å². The summed E-state index contributed by atoms with van der Waals surface area (Å²) in [7, 11) is 0. The van der Waals surface area contributed by atoms with Gasteiger partial charge in [-0.2, -0.15) is 5.10 Å². The highest BCUT2D eigenvalue weighted by molar-refractivity contribution is 5.78. The Labute approximate surface area is 143 Å². The summed E-state index contributed by atoms with van der Waals surface area (Å²) in [5.74, 6) is 0.0521. The number of carbonyl (C=O) groups excluding carboxylic acids is 1. The molecular formula is C19H26N4O. The van der Waals surface area contributed by atoms with Gasteiger partial charge in [0, 0.05) is 18.4 Å². The molecule has 24 heavy (non-hydrogen) atoms. The van der Waals surface area contributed by atoms with E-state index < -0.39 is 0 Å². The number of benzene rings is 1. The number of nitrogens with zero attached hydrogens (tertiary/aromatic N) is 2. The number of amides is 1. The van der Waals surface area contributed by atoms with Crippen LogP contribution in [-0.4, -0.2) is 28.3 Å². The van der Waals surface area contributed by atoms with Crippen molar-refractivity contribution in [1.82, 2.24) is 20.4 Å². The monoisotopic (exact) mass is 326 g/mol. The van der Waals surface area contributed by atoms with E-state index in [1.165, 1.54) is 11.1 Å². The van der Waals surface area contributed by atoms with E-state index in [1.807, 2.05) is 16.9 Å². The number of aromatic nitrogens is 2. The van der Waals surface area contributed by atoms with Gasteiger partial charge in [0.2, 0.25) is 5.91 Å². The number of hydrogen-bond acceptors (Lipinski definition) is 3. The lowest BCUT2D eigenvalue weighted by Gasteiger charge is -2.27. The Kier molecular flexibility index (Phi) is 5.30. The van der Waals surface area contributed by atoms with Crippen LogP contribution < -0.4 is 10.6 Å². The summed E-state index contributed by atoms with van der Waals surface area (Å²) < 4.78 is 1.91. The minimum Gasteiger partial charge on any atom is -0.348 e. The Hall–Kier alpha value is -2.14. The average molecular weight is 326 g/mol. The first-order valence-corrected chi connectivity index (χ1v) is 8.75. The normalized spacial score (nSPS) is 19.3. The highest BCUT2D eigenvalue weighted by atomic mass is 16.2. The van der Waals surface area contributed by atoms with Crippen molar-refractivity contribution in [3.05, 3.63) is 53.9 Å². The van der Waals surface area contributed by atoms with Crippen LogP contribution in [0.1, 0.15) is 49.9 Å². The third-order valence-corrected chi connectivity index (χ3v) is 4.95. The zero-order valence-electron chi connectivity index (χ0n) is 14.4. The molecule has 0 aliphatic heterocycles. The Morgan fingerprint density at radius 2 is 2.17 bits per heavy atom. The topological polar surface area (TPSA) is 59.0 Å². The zero-order chi connectivity index (χ0) is 16.9. The summed E-state index contributed by atoms with van der Waals surface area (Å²) in [4.78, 5) is 12.3.